The molecule has 0 radical (unpaired) electrons. The molecule has 0 unspecified atom stereocenters. The van der Waals surface area contributed by atoms with Crippen LogP contribution in [0.15, 0.2) is 35.7 Å². The van der Waals surface area contributed by atoms with Crippen molar-refractivity contribution in [3.63, 3.8) is 0 Å². The highest BCUT2D eigenvalue weighted by atomic mass is 16.6. The van der Waals surface area contributed by atoms with E-state index in [4.69, 9.17) is 18.9 Å². The molecule has 10 heteroatoms. The van der Waals surface area contributed by atoms with Gasteiger partial charge in [0.25, 0.3) is 0 Å². The molecule has 0 N–H and O–H groups in total. The van der Waals surface area contributed by atoms with Gasteiger partial charge in [0.05, 0.1) is 38.3 Å². The number of fused-ring (bicyclic) bond motifs is 1. The lowest BCUT2D eigenvalue weighted by atomic mass is 10.1. The van der Waals surface area contributed by atoms with Gasteiger partial charge in [0.15, 0.2) is 0 Å². The van der Waals surface area contributed by atoms with Gasteiger partial charge in [-0.2, -0.15) is 9.78 Å². The number of esters is 2. The molecule has 0 saturated carbocycles. The Bertz CT molecular complexity index is 1030. The number of methoxy groups -OCH3 is 2. The standard InChI is InChI=1S/C20H23N3O7/c1-20(2,3)30-19(26)23-15-12(9-21-23)7-6-8-14(15)22-11-29-10-13(17(24)27-4)16(22)18(25)28-5/h6-9H,10-11H2,1-5H3. The van der Waals surface area contributed by atoms with Gasteiger partial charge in [-0.1, -0.05) is 12.1 Å². The zero-order valence-electron chi connectivity index (χ0n) is 17.4. The van der Waals surface area contributed by atoms with Crippen molar-refractivity contribution in [1.29, 1.82) is 0 Å². The molecular weight excluding hydrogens is 394 g/mol. The smallest absolute Gasteiger partial charge is 0.435 e. The number of carbonyl (C=O) groups excluding carboxylic acids is 3. The van der Waals surface area contributed by atoms with E-state index in [0.717, 1.165) is 4.68 Å². The lowest BCUT2D eigenvalue weighted by Gasteiger charge is -2.31. The Morgan fingerprint density at radius 3 is 2.43 bits per heavy atom. The van der Waals surface area contributed by atoms with Gasteiger partial charge < -0.3 is 23.8 Å². The molecule has 3 rings (SSSR count). The van der Waals surface area contributed by atoms with Crippen LogP contribution < -0.4 is 4.90 Å². The summed E-state index contributed by atoms with van der Waals surface area (Å²) in [4.78, 5) is 39.0. The number of ether oxygens (including phenoxy) is 4. The molecule has 30 heavy (non-hydrogen) atoms. The number of hydrogen-bond donors (Lipinski definition) is 0. The van der Waals surface area contributed by atoms with Gasteiger partial charge in [-0.05, 0) is 26.8 Å². The number of hydrogen-bond acceptors (Lipinski definition) is 9. The van der Waals surface area contributed by atoms with E-state index in [1.165, 1.54) is 25.3 Å². The van der Waals surface area contributed by atoms with Crippen LogP contribution in [0.4, 0.5) is 10.5 Å². The van der Waals surface area contributed by atoms with E-state index in [-0.39, 0.29) is 24.6 Å². The summed E-state index contributed by atoms with van der Waals surface area (Å²) in [6.45, 7) is 5.07. The van der Waals surface area contributed by atoms with Crippen molar-refractivity contribution in [3.05, 3.63) is 35.7 Å². The number of rotatable bonds is 3. The van der Waals surface area contributed by atoms with E-state index >= 15 is 0 Å². The zero-order chi connectivity index (χ0) is 22.1. The van der Waals surface area contributed by atoms with Crippen molar-refractivity contribution < 1.29 is 33.3 Å². The van der Waals surface area contributed by atoms with Crippen molar-refractivity contribution >= 4 is 34.6 Å². The van der Waals surface area contributed by atoms with Gasteiger partial charge in [0, 0.05) is 5.39 Å². The summed E-state index contributed by atoms with van der Waals surface area (Å²) in [6, 6.07) is 5.18. The van der Waals surface area contributed by atoms with Crippen LogP contribution in [0.1, 0.15) is 20.8 Å². The summed E-state index contributed by atoms with van der Waals surface area (Å²) < 4.78 is 21.7. The average molecular weight is 417 g/mol. The Morgan fingerprint density at radius 1 is 1.10 bits per heavy atom. The van der Waals surface area contributed by atoms with Gasteiger partial charge in [-0.3, -0.25) is 0 Å². The number of anilines is 1. The fraction of sp³-hybridized carbons (Fsp3) is 0.400. The maximum atomic E-state index is 12.7. The van der Waals surface area contributed by atoms with Crippen LogP contribution in [-0.2, 0) is 28.5 Å². The SMILES string of the molecule is COC(=O)C1=C(C(=O)OC)N(c2cccc3cnn(C(=O)OC(C)(C)C)c23)COC1. The summed E-state index contributed by atoms with van der Waals surface area (Å²) in [5, 5.41) is 4.78. The van der Waals surface area contributed by atoms with Crippen LogP contribution in [0.2, 0.25) is 0 Å². The van der Waals surface area contributed by atoms with Gasteiger partial charge in [0.1, 0.15) is 23.5 Å². The Balaban J connectivity index is 2.20. The zero-order valence-corrected chi connectivity index (χ0v) is 17.4. The molecule has 2 aromatic rings. The van der Waals surface area contributed by atoms with Crippen molar-refractivity contribution in [2.45, 2.75) is 26.4 Å². The van der Waals surface area contributed by atoms with E-state index in [1.807, 2.05) is 0 Å². The van der Waals surface area contributed by atoms with Crippen molar-refractivity contribution in [1.82, 2.24) is 9.78 Å². The second-order valence-corrected chi connectivity index (χ2v) is 7.47. The third-order valence-electron chi connectivity index (χ3n) is 4.26. The van der Waals surface area contributed by atoms with Crippen LogP contribution >= 0.6 is 0 Å². The van der Waals surface area contributed by atoms with E-state index in [9.17, 15) is 14.4 Å². The van der Waals surface area contributed by atoms with Gasteiger partial charge >= 0.3 is 18.0 Å². The van der Waals surface area contributed by atoms with E-state index in [2.05, 4.69) is 5.10 Å². The minimum atomic E-state index is -0.737. The molecule has 2 heterocycles. The Labute approximate surface area is 172 Å². The topological polar surface area (TPSA) is 109 Å². The molecule has 0 spiro atoms. The Kier molecular flexibility index (Phi) is 5.79. The molecule has 0 fully saturated rings. The summed E-state index contributed by atoms with van der Waals surface area (Å²) in [5.41, 5.74) is 0.0597. The van der Waals surface area contributed by atoms with Gasteiger partial charge in [0.2, 0.25) is 0 Å². The molecule has 1 aliphatic heterocycles. The fourth-order valence-corrected chi connectivity index (χ4v) is 3.06. The predicted molar refractivity (Wildman–Crippen MR) is 106 cm³/mol. The molecule has 160 valence electrons. The van der Waals surface area contributed by atoms with Gasteiger partial charge in [-0.25, -0.2) is 14.4 Å². The predicted octanol–water partition coefficient (Wildman–Crippen LogP) is 2.21. The lowest BCUT2D eigenvalue weighted by molar-refractivity contribution is -0.140. The maximum absolute atomic E-state index is 12.7. The number of aromatic nitrogens is 2. The second-order valence-electron chi connectivity index (χ2n) is 7.47. The first-order chi connectivity index (χ1) is 14.2. The number of carbonyl (C=O) groups is 3. The van der Waals surface area contributed by atoms with Crippen LogP contribution in [0.3, 0.4) is 0 Å². The number of nitrogens with zero attached hydrogens (tertiary/aromatic N) is 3. The molecule has 0 atom stereocenters. The first-order valence-corrected chi connectivity index (χ1v) is 9.13. The van der Waals surface area contributed by atoms with Crippen LogP contribution in [0.5, 0.6) is 0 Å². The highest BCUT2D eigenvalue weighted by Crippen LogP contribution is 2.33. The minimum absolute atomic E-state index is 0.0101. The average Bonchev–Trinajstić information content (AvgIpc) is 3.15. The third kappa shape index (κ3) is 3.99. The number of para-hydroxylation sites is 1. The largest absolute Gasteiger partial charge is 0.466 e. The van der Waals surface area contributed by atoms with Crippen molar-refractivity contribution in [2.24, 2.45) is 0 Å². The normalized spacial score (nSPS) is 14.6. The Morgan fingerprint density at radius 2 is 1.80 bits per heavy atom. The van der Waals surface area contributed by atoms with E-state index in [1.54, 1.807) is 39.0 Å². The Hall–Kier alpha value is -3.40. The highest BCUT2D eigenvalue weighted by molar-refractivity contribution is 6.06. The molecule has 0 aliphatic carbocycles. The first-order valence-electron chi connectivity index (χ1n) is 9.13. The molecular formula is C20H23N3O7. The molecule has 1 aromatic heterocycles. The summed E-state index contributed by atoms with van der Waals surface area (Å²) in [5.74, 6) is -1.45. The van der Waals surface area contributed by atoms with E-state index in [0.29, 0.717) is 16.6 Å². The van der Waals surface area contributed by atoms with Gasteiger partial charge in [-0.15, -0.1) is 0 Å². The molecule has 0 bridgehead atoms. The maximum Gasteiger partial charge on any atom is 0.435 e. The monoisotopic (exact) mass is 417 g/mol. The van der Waals surface area contributed by atoms with Crippen molar-refractivity contribution in [3.8, 4) is 0 Å². The summed E-state index contributed by atoms with van der Waals surface area (Å²) in [7, 11) is 2.42. The molecule has 0 saturated heterocycles. The highest BCUT2D eigenvalue weighted by Gasteiger charge is 2.34. The molecule has 1 aromatic carbocycles. The second kappa shape index (κ2) is 8.15. The molecule has 1 aliphatic rings. The molecule has 10 nitrogen and oxygen atoms in total. The number of benzene rings is 1. The van der Waals surface area contributed by atoms with Crippen LogP contribution in [0.25, 0.3) is 10.9 Å². The molecule has 0 amide bonds. The summed E-state index contributed by atoms with van der Waals surface area (Å²) >= 11 is 0. The van der Waals surface area contributed by atoms with Crippen LogP contribution in [-0.4, -0.2) is 61.0 Å². The van der Waals surface area contributed by atoms with E-state index < -0.39 is 23.6 Å². The fourth-order valence-electron chi connectivity index (χ4n) is 3.06. The minimum Gasteiger partial charge on any atom is -0.466 e. The lowest BCUT2D eigenvalue weighted by Crippen LogP contribution is -2.39. The summed E-state index contributed by atoms with van der Waals surface area (Å²) in [6.07, 6.45) is 0.829. The third-order valence-corrected chi connectivity index (χ3v) is 4.26. The van der Waals surface area contributed by atoms with Crippen molar-refractivity contribution in [2.75, 3.05) is 32.5 Å². The quantitative estimate of drug-likeness (QED) is 0.548. The first kappa shape index (κ1) is 21.3. The van der Waals surface area contributed by atoms with Crippen LogP contribution in [0, 0.1) is 0 Å².